The summed E-state index contributed by atoms with van der Waals surface area (Å²) >= 11 is 1.65. The molecule has 7 nitrogen and oxygen atoms in total. The third-order valence-corrected chi connectivity index (χ3v) is 4.22. The van der Waals surface area contributed by atoms with E-state index >= 15 is 0 Å². The van der Waals surface area contributed by atoms with Gasteiger partial charge in [0.1, 0.15) is 0 Å². The average Bonchev–Trinajstić information content (AvgIpc) is 3.01. The minimum Gasteiger partial charge on any atom is -0.370 e. The molecule has 0 atom stereocenters. The molecule has 1 aliphatic rings. The molecule has 1 aliphatic heterocycles. The van der Waals surface area contributed by atoms with Gasteiger partial charge in [-0.25, -0.2) is 4.98 Å². The minimum atomic E-state index is 0. The maximum atomic E-state index is 11.5. The molecular weight excluding hydrogens is 415 g/mol. The summed E-state index contributed by atoms with van der Waals surface area (Å²) in [7, 11) is 3.49. The summed E-state index contributed by atoms with van der Waals surface area (Å²) in [5, 5.41) is 3.04. The first-order valence-corrected chi connectivity index (χ1v) is 7.85. The maximum absolute atomic E-state index is 11.5. The van der Waals surface area contributed by atoms with E-state index in [2.05, 4.69) is 19.8 Å². The van der Waals surface area contributed by atoms with Crippen LogP contribution in [0.3, 0.4) is 0 Å². The van der Waals surface area contributed by atoms with Crippen molar-refractivity contribution in [3.8, 4) is 0 Å². The smallest absolute Gasteiger partial charge is 0.223 e. The van der Waals surface area contributed by atoms with Gasteiger partial charge in [0, 0.05) is 58.3 Å². The molecule has 1 saturated heterocycles. The zero-order valence-electron chi connectivity index (χ0n) is 12.9. The van der Waals surface area contributed by atoms with Gasteiger partial charge < -0.3 is 20.4 Å². The van der Waals surface area contributed by atoms with E-state index < -0.39 is 0 Å². The molecule has 22 heavy (non-hydrogen) atoms. The lowest BCUT2D eigenvalue weighted by Gasteiger charge is -2.35. The number of nitrogens with zero attached hydrogens (tertiary/aromatic N) is 5. The summed E-state index contributed by atoms with van der Waals surface area (Å²) in [5.41, 5.74) is 5.99. The van der Waals surface area contributed by atoms with E-state index in [1.165, 1.54) is 0 Å². The van der Waals surface area contributed by atoms with E-state index in [1.807, 2.05) is 11.6 Å². The molecule has 2 rings (SSSR count). The second-order valence-corrected chi connectivity index (χ2v) is 5.94. The van der Waals surface area contributed by atoms with Gasteiger partial charge in [-0.15, -0.1) is 35.3 Å². The van der Waals surface area contributed by atoms with Crippen molar-refractivity contribution < 1.29 is 4.79 Å². The van der Waals surface area contributed by atoms with Gasteiger partial charge in [-0.05, 0) is 0 Å². The van der Waals surface area contributed by atoms with Crippen molar-refractivity contribution in [1.82, 2.24) is 14.8 Å². The van der Waals surface area contributed by atoms with Gasteiger partial charge >= 0.3 is 0 Å². The number of nitrogens with two attached hydrogens (primary N) is 1. The maximum Gasteiger partial charge on any atom is 0.223 e. The molecule has 0 aliphatic carbocycles. The lowest BCUT2D eigenvalue weighted by Crippen LogP contribution is -2.51. The van der Waals surface area contributed by atoms with Crippen molar-refractivity contribution in [2.75, 3.05) is 51.7 Å². The molecule has 0 unspecified atom stereocenters. The Bertz CT molecular complexity index is 485. The standard InChI is InChI=1S/C13H22N6OS.HI/c1-17(2)11(20)3-4-15-12(14)18-6-8-19(9-7-18)13-16-5-10-21-13;/h5,10H,3-4,6-9H2,1-2H3,(H2,14,15);1H. The number of halogens is 1. The summed E-state index contributed by atoms with van der Waals surface area (Å²) in [6, 6.07) is 0. The third-order valence-electron chi connectivity index (χ3n) is 3.39. The van der Waals surface area contributed by atoms with Gasteiger partial charge in [0.15, 0.2) is 11.1 Å². The van der Waals surface area contributed by atoms with Crippen LogP contribution in [0.15, 0.2) is 16.6 Å². The predicted octanol–water partition coefficient (Wildman–Crippen LogP) is 0.676. The Balaban J connectivity index is 0.00000242. The molecule has 2 N–H and O–H groups in total. The van der Waals surface area contributed by atoms with E-state index in [9.17, 15) is 4.79 Å². The number of hydrogen-bond acceptors (Lipinski definition) is 5. The number of carbonyl (C=O) groups excluding carboxylic acids is 1. The zero-order valence-corrected chi connectivity index (χ0v) is 16.1. The van der Waals surface area contributed by atoms with Gasteiger partial charge in [0.05, 0.1) is 6.54 Å². The summed E-state index contributed by atoms with van der Waals surface area (Å²) in [4.78, 5) is 26.0. The Kier molecular flexibility index (Phi) is 7.87. The summed E-state index contributed by atoms with van der Waals surface area (Å²) in [6.45, 7) is 3.88. The molecule has 1 aromatic heterocycles. The van der Waals surface area contributed by atoms with Crippen LogP contribution in [-0.4, -0.2) is 73.5 Å². The molecule has 1 amide bonds. The van der Waals surface area contributed by atoms with Crippen molar-refractivity contribution in [3.05, 3.63) is 11.6 Å². The normalized spacial score (nSPS) is 15.5. The molecule has 0 saturated carbocycles. The van der Waals surface area contributed by atoms with Crippen molar-refractivity contribution in [3.63, 3.8) is 0 Å². The molecule has 0 spiro atoms. The number of anilines is 1. The van der Waals surface area contributed by atoms with Gasteiger partial charge in [0.2, 0.25) is 5.91 Å². The molecule has 0 bridgehead atoms. The lowest BCUT2D eigenvalue weighted by atomic mass is 10.3. The van der Waals surface area contributed by atoms with Crippen molar-refractivity contribution in [2.24, 2.45) is 10.7 Å². The van der Waals surface area contributed by atoms with Crippen LogP contribution in [0.2, 0.25) is 0 Å². The molecule has 1 fully saturated rings. The molecule has 1 aromatic rings. The Labute approximate surface area is 152 Å². The van der Waals surface area contributed by atoms with Crippen LogP contribution in [0.5, 0.6) is 0 Å². The molecule has 0 radical (unpaired) electrons. The number of piperazine rings is 1. The molecule has 9 heteroatoms. The summed E-state index contributed by atoms with van der Waals surface area (Å²) in [5.74, 6) is 0.598. The van der Waals surface area contributed by atoms with E-state index in [4.69, 9.17) is 5.73 Å². The van der Waals surface area contributed by atoms with E-state index in [0.29, 0.717) is 18.9 Å². The van der Waals surface area contributed by atoms with E-state index in [1.54, 1.807) is 30.3 Å². The fourth-order valence-corrected chi connectivity index (χ4v) is 2.79. The Hall–Kier alpha value is -1.10. The highest BCUT2D eigenvalue weighted by Crippen LogP contribution is 2.18. The van der Waals surface area contributed by atoms with Crippen molar-refractivity contribution in [2.45, 2.75) is 6.42 Å². The number of carbonyl (C=O) groups is 1. The SMILES string of the molecule is CN(C)C(=O)CCN=C(N)N1CCN(c2nccs2)CC1.I. The minimum absolute atomic E-state index is 0. The summed E-state index contributed by atoms with van der Waals surface area (Å²) < 4.78 is 0. The highest BCUT2D eigenvalue weighted by molar-refractivity contribution is 14.0. The fourth-order valence-electron chi connectivity index (χ4n) is 2.09. The number of aromatic nitrogens is 1. The Morgan fingerprint density at radius 3 is 2.64 bits per heavy atom. The number of aliphatic imine (C=N–C) groups is 1. The van der Waals surface area contributed by atoms with Crippen LogP contribution in [0, 0.1) is 0 Å². The van der Waals surface area contributed by atoms with Gasteiger partial charge in [-0.1, -0.05) is 0 Å². The largest absolute Gasteiger partial charge is 0.370 e. The molecular formula is C13H23IN6OS. The third kappa shape index (κ3) is 5.27. The van der Waals surface area contributed by atoms with Gasteiger partial charge in [-0.3, -0.25) is 9.79 Å². The van der Waals surface area contributed by atoms with Crippen LogP contribution in [0.1, 0.15) is 6.42 Å². The van der Waals surface area contributed by atoms with Crippen LogP contribution in [0.4, 0.5) is 5.13 Å². The lowest BCUT2D eigenvalue weighted by molar-refractivity contribution is -0.128. The number of hydrogen-bond donors (Lipinski definition) is 1. The first kappa shape index (κ1) is 18.9. The van der Waals surface area contributed by atoms with Gasteiger partial charge in [0.25, 0.3) is 0 Å². The molecule has 124 valence electrons. The molecule has 2 heterocycles. The quantitative estimate of drug-likeness (QED) is 0.425. The van der Waals surface area contributed by atoms with E-state index in [0.717, 1.165) is 31.3 Å². The average molecular weight is 438 g/mol. The van der Waals surface area contributed by atoms with Crippen molar-refractivity contribution >= 4 is 52.3 Å². The second-order valence-electron chi connectivity index (χ2n) is 5.07. The zero-order chi connectivity index (χ0) is 15.2. The first-order chi connectivity index (χ1) is 10.1. The monoisotopic (exact) mass is 438 g/mol. The van der Waals surface area contributed by atoms with Crippen LogP contribution >= 0.6 is 35.3 Å². The van der Waals surface area contributed by atoms with Crippen LogP contribution in [0.25, 0.3) is 0 Å². The fraction of sp³-hybridized carbons (Fsp3) is 0.615. The summed E-state index contributed by atoms with van der Waals surface area (Å²) in [6.07, 6.45) is 2.22. The van der Waals surface area contributed by atoms with Crippen LogP contribution < -0.4 is 10.6 Å². The Morgan fingerprint density at radius 2 is 2.09 bits per heavy atom. The number of rotatable bonds is 4. The Morgan fingerprint density at radius 1 is 1.41 bits per heavy atom. The van der Waals surface area contributed by atoms with Crippen molar-refractivity contribution in [1.29, 1.82) is 0 Å². The second kappa shape index (κ2) is 9.13. The highest BCUT2D eigenvalue weighted by atomic mass is 127. The van der Waals surface area contributed by atoms with E-state index in [-0.39, 0.29) is 29.9 Å². The molecule has 0 aromatic carbocycles. The predicted molar refractivity (Wildman–Crippen MR) is 101 cm³/mol. The van der Waals surface area contributed by atoms with Gasteiger partial charge in [-0.2, -0.15) is 0 Å². The number of thiazole rings is 1. The van der Waals surface area contributed by atoms with Crippen LogP contribution in [-0.2, 0) is 4.79 Å². The topological polar surface area (TPSA) is 78.1 Å². The number of amides is 1. The number of guanidine groups is 1. The highest BCUT2D eigenvalue weighted by Gasteiger charge is 2.19. The first-order valence-electron chi connectivity index (χ1n) is 6.97.